The van der Waals surface area contributed by atoms with Crippen LogP contribution in [-0.2, 0) is 17.8 Å². The van der Waals surface area contributed by atoms with E-state index in [9.17, 15) is 9.18 Å². The third kappa shape index (κ3) is 6.28. The molecule has 0 atom stereocenters. The van der Waals surface area contributed by atoms with Crippen LogP contribution in [0.5, 0.6) is 0 Å². The number of hydrogen-bond donors (Lipinski definition) is 2. The molecule has 1 aliphatic rings. The maximum absolute atomic E-state index is 13.6. The van der Waals surface area contributed by atoms with Gasteiger partial charge in [-0.05, 0) is 29.3 Å². The first-order valence-corrected chi connectivity index (χ1v) is 11.8. The molecule has 0 saturated carbocycles. The number of hydrogen-bond acceptors (Lipinski definition) is 5. The molecule has 9 heteroatoms. The molecule has 7 nitrogen and oxygen atoms in total. The monoisotopic (exact) mass is 469 g/mol. The summed E-state index contributed by atoms with van der Waals surface area (Å²) in [4.78, 5) is 19.4. The van der Waals surface area contributed by atoms with Crippen LogP contribution in [0, 0.1) is 5.82 Å². The number of urea groups is 1. The van der Waals surface area contributed by atoms with Gasteiger partial charge in [0.05, 0.1) is 24.6 Å². The quantitative estimate of drug-likeness (QED) is 0.558. The van der Waals surface area contributed by atoms with E-state index in [-0.39, 0.29) is 11.8 Å². The Labute approximate surface area is 196 Å². The second kappa shape index (κ2) is 11.2. The van der Waals surface area contributed by atoms with Gasteiger partial charge in [0.25, 0.3) is 0 Å². The van der Waals surface area contributed by atoms with Crippen molar-refractivity contribution in [3.63, 3.8) is 0 Å². The molecule has 0 bridgehead atoms. The van der Waals surface area contributed by atoms with Crippen LogP contribution in [0.4, 0.5) is 14.9 Å². The Morgan fingerprint density at radius 1 is 1.18 bits per heavy atom. The number of nitrogens with one attached hydrogen (secondary N) is 2. The lowest BCUT2D eigenvalue weighted by molar-refractivity contribution is 0.0342. The van der Waals surface area contributed by atoms with E-state index in [0.29, 0.717) is 18.8 Å². The van der Waals surface area contributed by atoms with Crippen molar-refractivity contribution in [2.75, 3.05) is 39.9 Å². The van der Waals surface area contributed by atoms with E-state index in [1.165, 1.54) is 29.0 Å². The van der Waals surface area contributed by atoms with Crippen LogP contribution in [0.1, 0.15) is 5.56 Å². The molecule has 1 saturated heterocycles. The second-order valence-corrected chi connectivity index (χ2v) is 8.57. The highest BCUT2D eigenvalue weighted by Gasteiger charge is 2.12. The van der Waals surface area contributed by atoms with Gasteiger partial charge in [-0.15, -0.1) is 11.3 Å². The fraction of sp³-hybridized carbons (Fsp3) is 0.333. The first kappa shape index (κ1) is 23.2. The van der Waals surface area contributed by atoms with Crippen molar-refractivity contribution in [1.82, 2.24) is 20.1 Å². The summed E-state index contributed by atoms with van der Waals surface area (Å²) in [5, 5.41) is 7.43. The number of benzene rings is 2. The summed E-state index contributed by atoms with van der Waals surface area (Å²) in [5.74, 6) is -0.322. The Bertz CT molecular complexity index is 1140. The van der Waals surface area contributed by atoms with Crippen LogP contribution in [0.15, 0.2) is 58.9 Å². The standard InChI is InChI=1S/C24H28FN5O2S/c1-26-23(31)27-9-10-30-22(17-33-24(30)28-21-4-2-3-20(25)15-21)19-7-5-18(6-8-19)16-29-11-13-32-14-12-29/h2-8,15,17H,9-14,16H2,1H3,(H2,26,27,31). The largest absolute Gasteiger partial charge is 0.379 e. The average molecular weight is 470 g/mol. The Hall–Kier alpha value is -3.01. The van der Waals surface area contributed by atoms with Crippen molar-refractivity contribution in [3.05, 3.63) is 70.1 Å². The van der Waals surface area contributed by atoms with E-state index in [1.807, 2.05) is 0 Å². The van der Waals surface area contributed by atoms with E-state index >= 15 is 0 Å². The minimum absolute atomic E-state index is 0.233. The zero-order valence-corrected chi connectivity index (χ0v) is 19.4. The number of aromatic nitrogens is 1. The molecule has 2 N–H and O–H groups in total. The maximum Gasteiger partial charge on any atom is 0.314 e. The maximum atomic E-state index is 13.6. The number of thiazole rings is 1. The topological polar surface area (TPSA) is 70.9 Å². The highest BCUT2D eigenvalue weighted by molar-refractivity contribution is 7.07. The van der Waals surface area contributed by atoms with Crippen molar-refractivity contribution in [3.8, 4) is 11.3 Å². The molecule has 1 aromatic heterocycles. The lowest BCUT2D eigenvalue weighted by Gasteiger charge is -2.26. The molecule has 2 heterocycles. The molecule has 1 aliphatic heterocycles. The lowest BCUT2D eigenvalue weighted by Crippen LogP contribution is -2.36. The predicted octanol–water partition coefficient (Wildman–Crippen LogP) is 3.35. The normalized spacial score (nSPS) is 14.9. The van der Waals surface area contributed by atoms with Crippen molar-refractivity contribution in [2.24, 2.45) is 4.99 Å². The number of nitrogens with zero attached hydrogens (tertiary/aromatic N) is 3. The van der Waals surface area contributed by atoms with E-state index < -0.39 is 0 Å². The van der Waals surface area contributed by atoms with Gasteiger partial charge in [0.15, 0.2) is 4.80 Å². The second-order valence-electron chi connectivity index (χ2n) is 7.74. The van der Waals surface area contributed by atoms with Gasteiger partial charge < -0.3 is 19.9 Å². The van der Waals surface area contributed by atoms with Gasteiger partial charge in [0.1, 0.15) is 5.82 Å². The Morgan fingerprint density at radius 3 is 2.70 bits per heavy atom. The number of morpholine rings is 1. The van der Waals surface area contributed by atoms with Gasteiger partial charge in [0.2, 0.25) is 0 Å². The molecule has 0 unspecified atom stereocenters. The number of rotatable bonds is 7. The van der Waals surface area contributed by atoms with Crippen molar-refractivity contribution in [1.29, 1.82) is 0 Å². The molecule has 4 rings (SSSR count). The summed E-state index contributed by atoms with van der Waals surface area (Å²) in [6, 6.07) is 14.5. The molecular weight excluding hydrogens is 441 g/mol. The zero-order valence-electron chi connectivity index (χ0n) is 18.6. The van der Waals surface area contributed by atoms with Crippen LogP contribution < -0.4 is 15.4 Å². The molecule has 33 heavy (non-hydrogen) atoms. The minimum atomic E-state index is -0.322. The fourth-order valence-electron chi connectivity index (χ4n) is 3.69. The first-order valence-electron chi connectivity index (χ1n) is 11.0. The summed E-state index contributed by atoms with van der Waals surface area (Å²) in [6.07, 6.45) is 0. The summed E-state index contributed by atoms with van der Waals surface area (Å²) < 4.78 is 21.1. The number of carbonyl (C=O) groups excluding carboxylic acids is 1. The van der Waals surface area contributed by atoms with Crippen LogP contribution in [0.2, 0.25) is 0 Å². The van der Waals surface area contributed by atoms with Gasteiger partial charge in [-0.25, -0.2) is 14.2 Å². The number of carbonyl (C=O) groups is 1. The molecule has 3 aromatic rings. The highest BCUT2D eigenvalue weighted by atomic mass is 32.1. The predicted molar refractivity (Wildman–Crippen MR) is 128 cm³/mol. The Balaban J connectivity index is 1.59. The summed E-state index contributed by atoms with van der Waals surface area (Å²) >= 11 is 1.49. The van der Waals surface area contributed by atoms with Gasteiger partial charge >= 0.3 is 6.03 Å². The molecule has 0 aliphatic carbocycles. The molecule has 0 radical (unpaired) electrons. The Kier molecular flexibility index (Phi) is 7.87. The number of amides is 2. The molecule has 1 fully saturated rings. The van der Waals surface area contributed by atoms with Crippen LogP contribution in [0.25, 0.3) is 11.3 Å². The van der Waals surface area contributed by atoms with Crippen molar-refractivity contribution in [2.45, 2.75) is 13.1 Å². The third-order valence-corrected chi connectivity index (χ3v) is 6.30. The van der Waals surface area contributed by atoms with E-state index in [1.54, 1.807) is 19.2 Å². The van der Waals surface area contributed by atoms with Crippen LogP contribution >= 0.6 is 11.3 Å². The van der Waals surface area contributed by atoms with Crippen molar-refractivity contribution < 1.29 is 13.9 Å². The Morgan fingerprint density at radius 2 is 1.97 bits per heavy atom. The van der Waals surface area contributed by atoms with Gasteiger partial charge in [-0.2, -0.15) is 0 Å². The average Bonchev–Trinajstić information content (AvgIpc) is 3.22. The first-order chi connectivity index (χ1) is 16.1. The van der Waals surface area contributed by atoms with Crippen LogP contribution in [0.3, 0.4) is 0 Å². The lowest BCUT2D eigenvalue weighted by atomic mass is 10.1. The van der Waals surface area contributed by atoms with Gasteiger partial charge in [-0.1, -0.05) is 30.3 Å². The molecule has 2 amide bonds. The van der Waals surface area contributed by atoms with Gasteiger partial charge in [-0.3, -0.25) is 4.90 Å². The number of ether oxygens (including phenoxy) is 1. The molecule has 174 valence electrons. The summed E-state index contributed by atoms with van der Waals surface area (Å²) in [5.41, 5.74) is 3.88. The minimum Gasteiger partial charge on any atom is -0.379 e. The third-order valence-electron chi connectivity index (χ3n) is 5.44. The van der Waals surface area contributed by atoms with Gasteiger partial charge in [0, 0.05) is 45.2 Å². The smallest absolute Gasteiger partial charge is 0.314 e. The molecule has 0 spiro atoms. The number of halogens is 1. The van der Waals surface area contributed by atoms with E-state index in [4.69, 9.17) is 4.74 Å². The SMILES string of the molecule is CNC(=O)NCCn1c(-c2ccc(CN3CCOCC3)cc2)csc1=Nc1cccc(F)c1. The summed E-state index contributed by atoms with van der Waals surface area (Å²) in [6.45, 7) is 5.36. The fourth-order valence-corrected chi connectivity index (χ4v) is 4.64. The van der Waals surface area contributed by atoms with E-state index in [2.05, 4.69) is 54.7 Å². The highest BCUT2D eigenvalue weighted by Crippen LogP contribution is 2.22. The van der Waals surface area contributed by atoms with E-state index in [0.717, 1.165) is 48.9 Å². The molecule has 2 aromatic carbocycles. The zero-order chi connectivity index (χ0) is 23.0. The summed E-state index contributed by atoms with van der Waals surface area (Å²) in [7, 11) is 1.58. The van der Waals surface area contributed by atoms with Crippen molar-refractivity contribution >= 4 is 23.1 Å². The van der Waals surface area contributed by atoms with Crippen LogP contribution in [-0.4, -0.2) is 55.4 Å². The molecular formula is C24H28FN5O2S.